The topological polar surface area (TPSA) is 55.1 Å². The molecule has 0 spiro atoms. The Labute approximate surface area is 142 Å². The summed E-state index contributed by atoms with van der Waals surface area (Å²) in [6.45, 7) is 4.35. The minimum Gasteiger partial charge on any atom is -0.481 e. The maximum absolute atomic E-state index is 10.9. The van der Waals surface area contributed by atoms with E-state index in [0.717, 1.165) is 39.0 Å². The molecule has 2 aromatic rings. The molecular formula is C15H19IN2O2S. The lowest BCUT2D eigenvalue weighted by Gasteiger charge is -2.19. The van der Waals surface area contributed by atoms with Crippen LogP contribution in [-0.4, -0.2) is 26.4 Å². The lowest BCUT2D eigenvalue weighted by Crippen LogP contribution is -2.10. The van der Waals surface area contributed by atoms with Crippen LogP contribution in [0.3, 0.4) is 0 Å². The number of benzene rings is 1. The monoisotopic (exact) mass is 418 g/mol. The highest BCUT2D eigenvalue weighted by Gasteiger charge is 2.18. The van der Waals surface area contributed by atoms with Gasteiger partial charge in [0.05, 0.1) is 16.8 Å². The summed E-state index contributed by atoms with van der Waals surface area (Å²) in [6.07, 6.45) is 3.20. The first-order chi connectivity index (χ1) is 10.1. The minimum absolute atomic E-state index is 0.0446. The number of imidazole rings is 1. The van der Waals surface area contributed by atoms with E-state index in [-0.39, 0.29) is 5.75 Å². The zero-order valence-corrected chi connectivity index (χ0v) is 15.1. The van der Waals surface area contributed by atoms with E-state index in [2.05, 4.69) is 64.2 Å². The fourth-order valence-electron chi connectivity index (χ4n) is 2.48. The van der Waals surface area contributed by atoms with E-state index in [9.17, 15) is 4.79 Å². The molecule has 0 saturated heterocycles. The van der Waals surface area contributed by atoms with Crippen molar-refractivity contribution in [2.45, 2.75) is 44.3 Å². The summed E-state index contributed by atoms with van der Waals surface area (Å²) in [6, 6.07) is 6.59. The van der Waals surface area contributed by atoms with Crippen LogP contribution in [0.2, 0.25) is 0 Å². The number of aliphatic carboxylic acids is 1. The van der Waals surface area contributed by atoms with Gasteiger partial charge in [-0.1, -0.05) is 32.0 Å². The molecule has 0 amide bonds. The molecule has 0 aliphatic carbocycles. The molecule has 0 aliphatic rings. The molecule has 6 heteroatoms. The van der Waals surface area contributed by atoms with Gasteiger partial charge in [0.2, 0.25) is 0 Å². The number of carbonyl (C=O) groups is 1. The number of aromatic nitrogens is 2. The van der Waals surface area contributed by atoms with Crippen LogP contribution in [0.15, 0.2) is 23.4 Å². The highest BCUT2D eigenvalue weighted by Crippen LogP contribution is 2.32. The summed E-state index contributed by atoms with van der Waals surface area (Å²) in [4.78, 5) is 15.5. The average Bonchev–Trinajstić information content (AvgIpc) is 2.79. The van der Waals surface area contributed by atoms with E-state index in [1.807, 2.05) is 0 Å². The standard InChI is InChI=1S/C15H19IN2O2S/c1-3-5-11(4-2)18-13-7-6-10(16)8-12(13)17-15(18)21-9-14(19)20/h6-8,11H,3-5,9H2,1-2H3,(H,19,20). The van der Waals surface area contributed by atoms with Crippen molar-refractivity contribution in [2.75, 3.05) is 5.75 Å². The second-order valence-electron chi connectivity index (χ2n) is 4.93. The van der Waals surface area contributed by atoms with Gasteiger partial charge in [0.1, 0.15) is 0 Å². The van der Waals surface area contributed by atoms with Crippen LogP contribution in [0.4, 0.5) is 0 Å². The maximum atomic E-state index is 10.9. The molecule has 0 fully saturated rings. The third-order valence-electron chi connectivity index (χ3n) is 3.40. The van der Waals surface area contributed by atoms with E-state index in [0.29, 0.717) is 6.04 Å². The Morgan fingerprint density at radius 3 is 2.86 bits per heavy atom. The summed E-state index contributed by atoms with van der Waals surface area (Å²) in [5.41, 5.74) is 2.05. The van der Waals surface area contributed by atoms with Gasteiger partial charge in [-0.3, -0.25) is 4.79 Å². The molecule has 1 aromatic heterocycles. The van der Waals surface area contributed by atoms with E-state index in [1.54, 1.807) is 0 Å². The number of hydrogen-bond donors (Lipinski definition) is 1. The second-order valence-corrected chi connectivity index (χ2v) is 7.12. The fourth-order valence-corrected chi connectivity index (χ4v) is 3.76. The molecule has 21 heavy (non-hydrogen) atoms. The van der Waals surface area contributed by atoms with Crippen LogP contribution < -0.4 is 0 Å². The van der Waals surface area contributed by atoms with E-state index in [1.165, 1.54) is 11.8 Å². The number of thioether (sulfide) groups is 1. The van der Waals surface area contributed by atoms with Crippen LogP contribution in [0.1, 0.15) is 39.2 Å². The van der Waals surface area contributed by atoms with Gasteiger partial charge in [0, 0.05) is 9.61 Å². The van der Waals surface area contributed by atoms with Crippen LogP contribution >= 0.6 is 34.4 Å². The largest absolute Gasteiger partial charge is 0.481 e. The molecule has 0 aliphatic heterocycles. The second kappa shape index (κ2) is 7.49. The predicted octanol–water partition coefficient (Wildman–Crippen LogP) is 4.57. The molecule has 1 aromatic carbocycles. The van der Waals surface area contributed by atoms with Crippen molar-refractivity contribution in [2.24, 2.45) is 0 Å². The first-order valence-corrected chi connectivity index (χ1v) is 9.15. The Balaban J connectivity index is 2.50. The molecular weight excluding hydrogens is 399 g/mol. The van der Waals surface area contributed by atoms with E-state index in [4.69, 9.17) is 5.11 Å². The van der Waals surface area contributed by atoms with Crippen molar-refractivity contribution in [3.63, 3.8) is 0 Å². The minimum atomic E-state index is -0.809. The van der Waals surface area contributed by atoms with Gasteiger partial charge in [-0.2, -0.15) is 0 Å². The Morgan fingerprint density at radius 2 is 2.24 bits per heavy atom. The van der Waals surface area contributed by atoms with Crippen molar-refractivity contribution in [1.82, 2.24) is 9.55 Å². The SMILES string of the molecule is CCCC(CC)n1c(SCC(=O)O)nc2cc(I)ccc21. The van der Waals surface area contributed by atoms with Gasteiger partial charge in [-0.05, 0) is 53.6 Å². The van der Waals surface area contributed by atoms with Crippen molar-refractivity contribution in [1.29, 1.82) is 0 Å². The number of carboxylic acids is 1. The Hall–Kier alpha value is -0.760. The number of fused-ring (bicyclic) bond motifs is 1. The highest BCUT2D eigenvalue weighted by atomic mass is 127. The molecule has 1 N–H and O–H groups in total. The van der Waals surface area contributed by atoms with Crippen LogP contribution in [0.25, 0.3) is 11.0 Å². The zero-order valence-electron chi connectivity index (χ0n) is 12.2. The molecule has 1 atom stereocenters. The molecule has 1 heterocycles. The molecule has 0 radical (unpaired) electrons. The van der Waals surface area contributed by atoms with E-state index < -0.39 is 5.97 Å². The van der Waals surface area contributed by atoms with Gasteiger partial charge >= 0.3 is 5.97 Å². The summed E-state index contributed by atoms with van der Waals surface area (Å²) in [5.74, 6) is -0.764. The smallest absolute Gasteiger partial charge is 0.313 e. The molecule has 4 nitrogen and oxygen atoms in total. The van der Waals surface area contributed by atoms with Crippen LogP contribution in [-0.2, 0) is 4.79 Å². The maximum Gasteiger partial charge on any atom is 0.313 e. The Morgan fingerprint density at radius 1 is 1.48 bits per heavy atom. The van der Waals surface area contributed by atoms with Crippen LogP contribution in [0.5, 0.6) is 0 Å². The number of hydrogen-bond acceptors (Lipinski definition) is 3. The Kier molecular flexibility index (Phi) is 5.92. The van der Waals surface area contributed by atoms with Gasteiger partial charge in [0.25, 0.3) is 0 Å². The number of halogens is 1. The summed E-state index contributed by atoms with van der Waals surface area (Å²) in [5, 5.41) is 9.74. The summed E-state index contributed by atoms with van der Waals surface area (Å²) < 4.78 is 3.37. The van der Waals surface area contributed by atoms with Crippen molar-refractivity contribution >= 4 is 51.4 Å². The predicted molar refractivity (Wildman–Crippen MR) is 95.0 cm³/mol. The molecule has 114 valence electrons. The van der Waals surface area contributed by atoms with Gasteiger partial charge in [0.15, 0.2) is 5.16 Å². The number of nitrogens with zero attached hydrogens (tertiary/aromatic N) is 2. The fraction of sp³-hybridized carbons (Fsp3) is 0.467. The molecule has 1 unspecified atom stereocenters. The van der Waals surface area contributed by atoms with E-state index >= 15 is 0 Å². The number of carboxylic acid groups (broad SMARTS) is 1. The van der Waals surface area contributed by atoms with Crippen molar-refractivity contribution in [3.05, 3.63) is 21.8 Å². The van der Waals surface area contributed by atoms with Crippen LogP contribution in [0, 0.1) is 3.57 Å². The zero-order chi connectivity index (χ0) is 15.4. The molecule has 2 rings (SSSR count). The van der Waals surface area contributed by atoms with Gasteiger partial charge in [-0.25, -0.2) is 4.98 Å². The average molecular weight is 418 g/mol. The molecule has 0 bridgehead atoms. The highest BCUT2D eigenvalue weighted by molar-refractivity contribution is 14.1. The first kappa shape index (κ1) is 16.6. The quantitative estimate of drug-likeness (QED) is 0.529. The third-order valence-corrected chi connectivity index (χ3v) is 5.01. The van der Waals surface area contributed by atoms with Gasteiger partial charge in [-0.15, -0.1) is 0 Å². The summed E-state index contributed by atoms with van der Waals surface area (Å²) >= 11 is 3.58. The lowest BCUT2D eigenvalue weighted by molar-refractivity contribution is -0.133. The lowest BCUT2D eigenvalue weighted by atomic mass is 10.1. The Bertz CT molecular complexity index is 642. The van der Waals surface area contributed by atoms with Crippen molar-refractivity contribution < 1.29 is 9.90 Å². The number of rotatable bonds is 7. The van der Waals surface area contributed by atoms with Crippen molar-refractivity contribution in [3.8, 4) is 0 Å². The van der Waals surface area contributed by atoms with Gasteiger partial charge < -0.3 is 9.67 Å². The molecule has 0 saturated carbocycles. The first-order valence-electron chi connectivity index (χ1n) is 7.08. The third kappa shape index (κ3) is 3.91. The summed E-state index contributed by atoms with van der Waals surface area (Å²) in [7, 11) is 0. The normalized spacial score (nSPS) is 12.7.